The maximum absolute atomic E-state index is 9.15. The van der Waals surface area contributed by atoms with Crippen LogP contribution in [-0.4, -0.2) is 43.0 Å². The minimum atomic E-state index is 0.274. The highest BCUT2D eigenvalue weighted by Gasteiger charge is 2.30. The highest BCUT2D eigenvalue weighted by molar-refractivity contribution is 5.52. The lowest BCUT2D eigenvalue weighted by atomic mass is 9.94. The lowest BCUT2D eigenvalue weighted by Gasteiger charge is -2.30. The van der Waals surface area contributed by atoms with Gasteiger partial charge in [-0.2, -0.15) is 10.5 Å². The van der Waals surface area contributed by atoms with Crippen molar-refractivity contribution in [2.45, 2.75) is 38.1 Å². The van der Waals surface area contributed by atoms with Crippen LogP contribution in [0.2, 0.25) is 0 Å². The second-order valence-electron chi connectivity index (χ2n) is 5.89. The van der Waals surface area contributed by atoms with E-state index in [0.29, 0.717) is 6.04 Å². The van der Waals surface area contributed by atoms with Gasteiger partial charge in [0.2, 0.25) is 0 Å². The van der Waals surface area contributed by atoms with Crippen molar-refractivity contribution in [2.24, 2.45) is 0 Å². The third kappa shape index (κ3) is 3.21. The molecule has 0 unspecified atom stereocenters. The van der Waals surface area contributed by atoms with Gasteiger partial charge >= 0.3 is 0 Å². The maximum atomic E-state index is 9.15. The average Bonchev–Trinajstić information content (AvgIpc) is 2.84. The minimum Gasteiger partial charge on any atom is -0.383 e. The number of nitriles is 2. The summed E-state index contributed by atoms with van der Waals surface area (Å²) in [7, 11) is 3.96. The minimum absolute atomic E-state index is 0.274. The normalized spacial score (nSPS) is 22.6. The highest BCUT2D eigenvalue weighted by atomic mass is 15.2. The summed E-state index contributed by atoms with van der Waals surface area (Å²) in [4.78, 5) is 4.44. The van der Waals surface area contributed by atoms with Crippen LogP contribution in [0.3, 0.4) is 0 Å². The fraction of sp³-hybridized carbons (Fsp3) is 0.625. The molecule has 0 N–H and O–H groups in total. The van der Waals surface area contributed by atoms with E-state index in [4.69, 9.17) is 10.5 Å². The standard InChI is InChI=1S/C16H22N4/c1-19(2)10-14-11-20(15-6-4-3-5-7-15)12-16(14)13(8-17)9-18/h10,15H,3-7,11-12H2,1-2H3. The third-order valence-electron chi connectivity index (χ3n) is 4.15. The largest absolute Gasteiger partial charge is 0.383 e. The van der Waals surface area contributed by atoms with E-state index in [1.54, 1.807) is 0 Å². The van der Waals surface area contributed by atoms with Crippen molar-refractivity contribution in [1.82, 2.24) is 9.80 Å². The van der Waals surface area contributed by atoms with Crippen LogP contribution >= 0.6 is 0 Å². The van der Waals surface area contributed by atoms with Gasteiger partial charge in [-0.25, -0.2) is 0 Å². The van der Waals surface area contributed by atoms with E-state index < -0.39 is 0 Å². The first kappa shape index (κ1) is 14.6. The van der Waals surface area contributed by atoms with Gasteiger partial charge in [-0.15, -0.1) is 0 Å². The van der Waals surface area contributed by atoms with E-state index in [1.165, 1.54) is 32.1 Å². The molecule has 1 heterocycles. The molecule has 1 saturated heterocycles. The van der Waals surface area contributed by atoms with Gasteiger partial charge in [0.15, 0.2) is 0 Å². The van der Waals surface area contributed by atoms with Gasteiger partial charge in [-0.3, -0.25) is 4.90 Å². The van der Waals surface area contributed by atoms with Gasteiger partial charge in [0.25, 0.3) is 0 Å². The lowest BCUT2D eigenvalue weighted by molar-refractivity contribution is 0.199. The first-order valence-electron chi connectivity index (χ1n) is 7.30. The summed E-state index contributed by atoms with van der Waals surface area (Å²) in [5, 5.41) is 18.3. The van der Waals surface area contributed by atoms with Crippen molar-refractivity contribution in [3.8, 4) is 12.1 Å². The fourth-order valence-corrected chi connectivity index (χ4v) is 3.21. The van der Waals surface area contributed by atoms with Crippen LogP contribution in [0.1, 0.15) is 32.1 Å². The van der Waals surface area contributed by atoms with Gasteiger partial charge < -0.3 is 4.90 Å². The van der Waals surface area contributed by atoms with Crippen molar-refractivity contribution in [3.63, 3.8) is 0 Å². The van der Waals surface area contributed by atoms with Gasteiger partial charge in [-0.05, 0) is 18.4 Å². The molecule has 1 saturated carbocycles. The molecule has 0 aromatic heterocycles. The van der Waals surface area contributed by atoms with Crippen LogP contribution in [0.25, 0.3) is 0 Å². The molecular weight excluding hydrogens is 248 g/mol. The predicted molar refractivity (Wildman–Crippen MR) is 78.5 cm³/mol. The molecule has 2 rings (SSSR count). The molecule has 2 fully saturated rings. The summed E-state index contributed by atoms with van der Waals surface area (Å²) in [5.41, 5.74) is 2.32. The van der Waals surface area contributed by atoms with Crippen LogP contribution in [0.4, 0.5) is 0 Å². The van der Waals surface area contributed by atoms with Crippen LogP contribution in [-0.2, 0) is 0 Å². The first-order chi connectivity index (χ1) is 9.65. The number of rotatable bonds is 2. The highest BCUT2D eigenvalue weighted by Crippen LogP contribution is 2.31. The SMILES string of the molecule is CN(C)C=C1CN(C2CCCCC2)CC1=C(C#N)C#N. The maximum Gasteiger partial charge on any atom is 0.134 e. The summed E-state index contributed by atoms with van der Waals surface area (Å²) in [6.07, 6.45) is 8.49. The molecule has 20 heavy (non-hydrogen) atoms. The van der Waals surface area contributed by atoms with E-state index in [-0.39, 0.29) is 5.57 Å². The van der Waals surface area contributed by atoms with Crippen LogP contribution in [0, 0.1) is 22.7 Å². The number of nitrogens with zero attached hydrogens (tertiary/aromatic N) is 4. The van der Waals surface area contributed by atoms with E-state index >= 15 is 0 Å². The second-order valence-corrected chi connectivity index (χ2v) is 5.89. The molecule has 1 aliphatic carbocycles. The molecule has 0 aromatic rings. The van der Waals surface area contributed by atoms with E-state index in [1.807, 2.05) is 25.2 Å². The molecular formula is C16H22N4. The topological polar surface area (TPSA) is 54.1 Å². The summed E-state index contributed by atoms with van der Waals surface area (Å²) < 4.78 is 0. The Morgan fingerprint density at radius 2 is 1.80 bits per heavy atom. The zero-order valence-corrected chi connectivity index (χ0v) is 12.4. The Kier molecular flexibility index (Phi) is 4.82. The van der Waals surface area contributed by atoms with E-state index in [2.05, 4.69) is 17.0 Å². The summed E-state index contributed by atoms with van der Waals surface area (Å²) >= 11 is 0. The van der Waals surface area contributed by atoms with Gasteiger partial charge in [0, 0.05) is 45.0 Å². The number of hydrogen-bond acceptors (Lipinski definition) is 4. The van der Waals surface area contributed by atoms with Gasteiger partial charge in [0.05, 0.1) is 0 Å². The molecule has 0 atom stereocenters. The molecule has 0 bridgehead atoms. The molecule has 0 aromatic carbocycles. The average molecular weight is 270 g/mol. The van der Waals surface area contributed by atoms with Crippen LogP contribution < -0.4 is 0 Å². The van der Waals surface area contributed by atoms with Crippen molar-refractivity contribution in [1.29, 1.82) is 10.5 Å². The smallest absolute Gasteiger partial charge is 0.134 e. The molecule has 1 aliphatic heterocycles. The number of likely N-dealkylation sites (tertiary alicyclic amines) is 1. The van der Waals surface area contributed by atoms with Crippen molar-refractivity contribution >= 4 is 0 Å². The van der Waals surface area contributed by atoms with Gasteiger partial charge in [0.1, 0.15) is 17.7 Å². The number of hydrogen-bond donors (Lipinski definition) is 0. The summed E-state index contributed by atoms with van der Waals surface area (Å²) in [6.45, 7) is 1.62. The Morgan fingerprint density at radius 3 is 2.35 bits per heavy atom. The Labute approximate surface area is 121 Å². The Balaban J connectivity index is 2.25. The third-order valence-corrected chi connectivity index (χ3v) is 4.15. The summed E-state index contributed by atoms with van der Waals surface area (Å²) in [5.74, 6) is 0. The molecule has 0 radical (unpaired) electrons. The Bertz CT molecular complexity index is 480. The van der Waals surface area contributed by atoms with Crippen molar-refractivity contribution < 1.29 is 0 Å². The molecule has 2 aliphatic rings. The van der Waals surface area contributed by atoms with Crippen LogP contribution in [0.15, 0.2) is 22.9 Å². The summed E-state index contributed by atoms with van der Waals surface area (Å²) in [6, 6.07) is 4.72. The first-order valence-corrected chi connectivity index (χ1v) is 7.30. The lowest BCUT2D eigenvalue weighted by Crippen LogP contribution is -2.34. The molecule has 106 valence electrons. The van der Waals surface area contributed by atoms with Crippen LogP contribution in [0.5, 0.6) is 0 Å². The Morgan fingerprint density at radius 1 is 1.15 bits per heavy atom. The zero-order chi connectivity index (χ0) is 14.5. The zero-order valence-electron chi connectivity index (χ0n) is 12.4. The van der Waals surface area contributed by atoms with E-state index in [0.717, 1.165) is 24.2 Å². The fourth-order valence-electron chi connectivity index (χ4n) is 3.21. The Hall–Kier alpha value is -1.78. The predicted octanol–water partition coefficient (Wildman–Crippen LogP) is 2.42. The molecule has 0 spiro atoms. The molecule has 4 heteroatoms. The number of allylic oxidation sites excluding steroid dienone is 1. The monoisotopic (exact) mass is 270 g/mol. The quantitative estimate of drug-likeness (QED) is 0.723. The molecule has 4 nitrogen and oxygen atoms in total. The molecule has 0 amide bonds. The van der Waals surface area contributed by atoms with Gasteiger partial charge in [-0.1, -0.05) is 19.3 Å². The van der Waals surface area contributed by atoms with Crippen molar-refractivity contribution in [3.05, 3.63) is 22.9 Å². The van der Waals surface area contributed by atoms with Crippen molar-refractivity contribution in [2.75, 3.05) is 27.2 Å². The van der Waals surface area contributed by atoms with E-state index in [9.17, 15) is 0 Å². The second kappa shape index (κ2) is 6.59.